The Morgan fingerprint density at radius 1 is 0.800 bits per heavy atom. The van der Waals surface area contributed by atoms with Gasteiger partial charge in [-0.05, 0) is 56.0 Å². The molecule has 0 bridgehead atoms. The van der Waals surface area contributed by atoms with Crippen LogP contribution in [0.3, 0.4) is 0 Å². The Morgan fingerprint density at radius 3 is 2.00 bits per heavy atom. The molecule has 2 aliphatic heterocycles. The first-order valence-corrected chi connectivity index (χ1v) is 12.6. The maximum atomic E-state index is 12.3. The smallest absolute Gasteiger partial charge is 0.259 e. The molecule has 0 aliphatic carbocycles. The molecule has 5 rings (SSSR count). The van der Waals surface area contributed by atoms with Crippen LogP contribution in [0.25, 0.3) is 0 Å². The number of amides is 2. The van der Waals surface area contributed by atoms with Crippen LogP contribution in [0.5, 0.6) is 0 Å². The first-order valence-electron chi connectivity index (χ1n) is 12.6. The van der Waals surface area contributed by atoms with Crippen molar-refractivity contribution in [3.05, 3.63) is 107 Å². The quantitative estimate of drug-likeness (QED) is 0.513. The van der Waals surface area contributed by atoms with Gasteiger partial charge < -0.3 is 0 Å². The van der Waals surface area contributed by atoms with E-state index >= 15 is 0 Å². The lowest BCUT2D eigenvalue weighted by atomic mass is 9.94. The van der Waals surface area contributed by atoms with Crippen LogP contribution < -0.4 is 5.32 Å². The van der Waals surface area contributed by atoms with Gasteiger partial charge in [-0.15, -0.1) is 0 Å². The third-order valence-corrected chi connectivity index (χ3v) is 7.44. The Bertz CT molecular complexity index is 1140. The first kappa shape index (κ1) is 23.5. The highest BCUT2D eigenvalue weighted by molar-refractivity contribution is 6.22. The molecule has 5 nitrogen and oxygen atoms in total. The predicted octanol–water partition coefficient (Wildman–Crippen LogP) is 4.69. The number of hydrogen-bond acceptors (Lipinski definition) is 4. The van der Waals surface area contributed by atoms with Crippen molar-refractivity contribution in [2.45, 2.75) is 44.8 Å². The Balaban J connectivity index is 1.27. The van der Waals surface area contributed by atoms with E-state index in [0.717, 1.165) is 38.0 Å². The minimum atomic E-state index is -0.281. The summed E-state index contributed by atoms with van der Waals surface area (Å²) in [5.74, 6) is -0.541. The summed E-state index contributed by atoms with van der Waals surface area (Å²) in [6.07, 6.45) is 1.74. The normalized spacial score (nSPS) is 20.8. The first-order chi connectivity index (χ1) is 17.0. The van der Waals surface area contributed by atoms with Crippen molar-refractivity contribution < 1.29 is 9.59 Å². The Morgan fingerprint density at radius 2 is 1.40 bits per heavy atom. The summed E-state index contributed by atoms with van der Waals surface area (Å²) < 4.78 is 0. The zero-order chi connectivity index (χ0) is 24.4. The topological polar surface area (TPSA) is 52.6 Å². The van der Waals surface area contributed by atoms with Crippen molar-refractivity contribution in [3.63, 3.8) is 0 Å². The second kappa shape index (κ2) is 10.1. The van der Waals surface area contributed by atoms with E-state index in [4.69, 9.17) is 0 Å². The van der Waals surface area contributed by atoms with Crippen LogP contribution in [0, 0.1) is 0 Å². The standard InChI is InChI=1S/C30H33N3O2/c1-21-19-32(28(24-11-5-3-6-12-24)25-13-7-4-8-14-25)20-22(2)33(21)18-10-16-23-15-9-17-26-27(23)30(35)31-29(26)34/h3-9,11-15,17,21-22,28H,10,16,18-20H2,1-2H3,(H,31,34,35)/t21-,22+. The highest BCUT2D eigenvalue weighted by Gasteiger charge is 2.34. The number of imide groups is 1. The molecule has 0 unspecified atom stereocenters. The van der Waals surface area contributed by atoms with Gasteiger partial charge in [0.25, 0.3) is 11.8 Å². The minimum Gasteiger partial charge on any atom is -0.295 e. The van der Waals surface area contributed by atoms with Gasteiger partial charge in [0.15, 0.2) is 0 Å². The number of carbonyl (C=O) groups excluding carboxylic acids is 2. The summed E-state index contributed by atoms with van der Waals surface area (Å²) in [5, 5.41) is 2.43. The SMILES string of the molecule is C[C@@H]1CN(C(c2ccccc2)c2ccccc2)C[C@H](C)N1CCCc1cccc2c1C(=O)NC2=O. The number of rotatable bonds is 7. The van der Waals surface area contributed by atoms with Crippen molar-refractivity contribution in [3.8, 4) is 0 Å². The molecule has 3 aromatic rings. The summed E-state index contributed by atoms with van der Waals surface area (Å²) >= 11 is 0. The summed E-state index contributed by atoms with van der Waals surface area (Å²) in [5.41, 5.74) is 4.71. The molecule has 1 saturated heterocycles. The molecule has 1 fully saturated rings. The largest absolute Gasteiger partial charge is 0.295 e. The van der Waals surface area contributed by atoms with E-state index in [1.807, 2.05) is 12.1 Å². The lowest BCUT2D eigenvalue weighted by molar-refractivity contribution is 0.0234. The fourth-order valence-corrected chi connectivity index (χ4v) is 5.88. The number of aryl methyl sites for hydroxylation is 1. The Hall–Kier alpha value is -3.28. The van der Waals surface area contributed by atoms with E-state index < -0.39 is 0 Å². The second-order valence-electron chi connectivity index (χ2n) is 9.84. The number of carbonyl (C=O) groups is 2. The molecule has 180 valence electrons. The maximum Gasteiger partial charge on any atom is 0.259 e. The molecule has 0 radical (unpaired) electrons. The molecule has 2 atom stereocenters. The van der Waals surface area contributed by atoms with Crippen LogP contribution >= 0.6 is 0 Å². The van der Waals surface area contributed by atoms with Crippen LogP contribution in [0.1, 0.15) is 63.7 Å². The van der Waals surface area contributed by atoms with Gasteiger partial charge in [-0.1, -0.05) is 72.8 Å². The van der Waals surface area contributed by atoms with Crippen molar-refractivity contribution >= 4 is 11.8 Å². The van der Waals surface area contributed by atoms with E-state index in [-0.39, 0.29) is 17.9 Å². The van der Waals surface area contributed by atoms with Gasteiger partial charge in [0.05, 0.1) is 17.2 Å². The highest BCUT2D eigenvalue weighted by atomic mass is 16.2. The van der Waals surface area contributed by atoms with E-state index in [1.54, 1.807) is 6.07 Å². The number of nitrogens with zero attached hydrogens (tertiary/aromatic N) is 2. The van der Waals surface area contributed by atoms with Gasteiger partial charge in [-0.25, -0.2) is 0 Å². The van der Waals surface area contributed by atoms with Gasteiger partial charge in [0.1, 0.15) is 0 Å². The molecule has 1 N–H and O–H groups in total. The highest BCUT2D eigenvalue weighted by Crippen LogP contribution is 2.32. The second-order valence-corrected chi connectivity index (χ2v) is 9.84. The third-order valence-electron chi connectivity index (χ3n) is 7.44. The number of benzene rings is 3. The molecule has 2 heterocycles. The molecule has 3 aromatic carbocycles. The third kappa shape index (κ3) is 4.79. The molecule has 0 saturated carbocycles. The molecule has 5 heteroatoms. The van der Waals surface area contributed by atoms with Crippen molar-refractivity contribution in [1.82, 2.24) is 15.1 Å². The molecular formula is C30H33N3O2. The zero-order valence-electron chi connectivity index (χ0n) is 20.5. The number of hydrogen-bond donors (Lipinski definition) is 1. The van der Waals surface area contributed by atoms with Crippen LogP contribution in [-0.4, -0.2) is 53.3 Å². The van der Waals surface area contributed by atoms with Gasteiger partial charge in [0, 0.05) is 25.2 Å². The lowest BCUT2D eigenvalue weighted by Gasteiger charge is -2.47. The minimum absolute atomic E-state index is 0.243. The van der Waals surface area contributed by atoms with Crippen LogP contribution in [0.2, 0.25) is 0 Å². The van der Waals surface area contributed by atoms with E-state index in [9.17, 15) is 9.59 Å². The van der Waals surface area contributed by atoms with E-state index in [1.165, 1.54) is 11.1 Å². The summed E-state index contributed by atoms with van der Waals surface area (Å²) in [6.45, 7) is 7.60. The van der Waals surface area contributed by atoms with Gasteiger partial charge in [-0.2, -0.15) is 0 Å². The van der Waals surface area contributed by atoms with Gasteiger partial charge in [-0.3, -0.25) is 24.7 Å². The number of piperazine rings is 1. The summed E-state index contributed by atoms with van der Waals surface area (Å²) in [7, 11) is 0. The fourth-order valence-electron chi connectivity index (χ4n) is 5.88. The fraction of sp³-hybridized carbons (Fsp3) is 0.333. The lowest BCUT2D eigenvalue weighted by Crippen LogP contribution is -2.57. The summed E-state index contributed by atoms with van der Waals surface area (Å²) in [6, 6.07) is 28.3. The maximum absolute atomic E-state index is 12.3. The van der Waals surface area contributed by atoms with E-state index in [2.05, 4.69) is 89.6 Å². The molecule has 0 spiro atoms. The van der Waals surface area contributed by atoms with Crippen LogP contribution in [-0.2, 0) is 6.42 Å². The Labute approximate surface area is 207 Å². The van der Waals surface area contributed by atoms with Gasteiger partial charge in [0.2, 0.25) is 0 Å². The van der Waals surface area contributed by atoms with E-state index in [0.29, 0.717) is 23.2 Å². The van der Waals surface area contributed by atoms with Crippen LogP contribution in [0.15, 0.2) is 78.9 Å². The average Bonchev–Trinajstić information content (AvgIpc) is 3.16. The van der Waals surface area contributed by atoms with Crippen molar-refractivity contribution in [1.29, 1.82) is 0 Å². The molecule has 2 amide bonds. The summed E-state index contributed by atoms with van der Waals surface area (Å²) in [4.78, 5) is 29.4. The van der Waals surface area contributed by atoms with Crippen molar-refractivity contribution in [2.24, 2.45) is 0 Å². The Kier molecular flexibility index (Phi) is 6.80. The van der Waals surface area contributed by atoms with Crippen molar-refractivity contribution in [2.75, 3.05) is 19.6 Å². The number of fused-ring (bicyclic) bond motifs is 1. The molecule has 0 aromatic heterocycles. The monoisotopic (exact) mass is 467 g/mol. The molecular weight excluding hydrogens is 434 g/mol. The van der Waals surface area contributed by atoms with Gasteiger partial charge >= 0.3 is 0 Å². The van der Waals surface area contributed by atoms with Crippen LogP contribution in [0.4, 0.5) is 0 Å². The molecule has 2 aliphatic rings. The predicted molar refractivity (Wildman–Crippen MR) is 138 cm³/mol. The number of nitrogens with one attached hydrogen (secondary N) is 1. The zero-order valence-corrected chi connectivity index (χ0v) is 20.5. The molecule has 35 heavy (non-hydrogen) atoms. The average molecular weight is 468 g/mol.